The number of hydrogen-bond acceptors (Lipinski definition) is 3. The van der Waals surface area contributed by atoms with E-state index >= 15 is 0 Å². The van der Waals surface area contributed by atoms with E-state index in [1.54, 1.807) is 0 Å². The molecule has 2 heterocycles. The van der Waals surface area contributed by atoms with Gasteiger partial charge in [0.15, 0.2) is 0 Å². The Morgan fingerprint density at radius 3 is 2.82 bits per heavy atom. The molecule has 0 aromatic rings. The molecule has 4 atom stereocenters. The second-order valence-electron chi connectivity index (χ2n) is 5.99. The van der Waals surface area contributed by atoms with Crippen LogP contribution in [0.1, 0.15) is 39.5 Å². The average Bonchev–Trinajstić information content (AvgIpc) is 2.77. The summed E-state index contributed by atoms with van der Waals surface area (Å²) in [6.07, 6.45) is 4.78. The van der Waals surface area contributed by atoms with Gasteiger partial charge in [0.05, 0.1) is 12.2 Å². The Bertz CT molecular complexity index is 238. The summed E-state index contributed by atoms with van der Waals surface area (Å²) in [6.45, 7) is 7.29. The fourth-order valence-corrected chi connectivity index (χ4v) is 3.28. The lowest BCUT2D eigenvalue weighted by Gasteiger charge is -2.40. The summed E-state index contributed by atoms with van der Waals surface area (Å²) in [4.78, 5) is 0. The van der Waals surface area contributed by atoms with Gasteiger partial charge in [-0.05, 0) is 45.1 Å². The molecule has 17 heavy (non-hydrogen) atoms. The minimum atomic E-state index is 0.0695. The molecular weight excluding hydrogens is 214 g/mol. The van der Waals surface area contributed by atoms with Crippen LogP contribution in [0.2, 0.25) is 0 Å². The van der Waals surface area contributed by atoms with E-state index in [0.29, 0.717) is 6.04 Å². The Labute approximate surface area is 105 Å². The van der Waals surface area contributed by atoms with E-state index in [-0.39, 0.29) is 5.60 Å². The molecule has 3 nitrogen and oxygen atoms in total. The monoisotopic (exact) mass is 241 g/mol. The first-order valence-electron chi connectivity index (χ1n) is 7.04. The van der Waals surface area contributed by atoms with Crippen LogP contribution in [0.3, 0.4) is 0 Å². The van der Waals surface area contributed by atoms with Gasteiger partial charge in [0.1, 0.15) is 0 Å². The fraction of sp³-hybridized carbons (Fsp3) is 1.00. The van der Waals surface area contributed by atoms with E-state index in [2.05, 4.69) is 19.2 Å². The van der Waals surface area contributed by atoms with Crippen LogP contribution >= 0.6 is 0 Å². The molecule has 2 saturated heterocycles. The third kappa shape index (κ3) is 3.21. The van der Waals surface area contributed by atoms with Gasteiger partial charge in [0.2, 0.25) is 0 Å². The summed E-state index contributed by atoms with van der Waals surface area (Å²) in [5, 5.41) is 3.34. The maximum absolute atomic E-state index is 6.00. The van der Waals surface area contributed by atoms with Crippen molar-refractivity contribution >= 4 is 0 Å². The third-order valence-corrected chi connectivity index (χ3v) is 4.62. The second kappa shape index (κ2) is 5.68. The van der Waals surface area contributed by atoms with Crippen molar-refractivity contribution in [3.63, 3.8) is 0 Å². The molecule has 1 N–H and O–H groups in total. The van der Waals surface area contributed by atoms with Crippen molar-refractivity contribution in [1.82, 2.24) is 5.32 Å². The maximum Gasteiger partial charge on any atom is 0.0939 e. The summed E-state index contributed by atoms with van der Waals surface area (Å²) in [6, 6.07) is 0.614. The normalized spacial score (nSPS) is 37.2. The Balaban J connectivity index is 1.88. The van der Waals surface area contributed by atoms with Crippen molar-refractivity contribution in [2.75, 3.05) is 26.9 Å². The Morgan fingerprint density at radius 2 is 2.18 bits per heavy atom. The fourth-order valence-electron chi connectivity index (χ4n) is 3.28. The summed E-state index contributed by atoms with van der Waals surface area (Å²) >= 11 is 0. The molecule has 0 aromatic carbocycles. The van der Waals surface area contributed by atoms with Gasteiger partial charge in [0, 0.05) is 25.7 Å². The zero-order chi connectivity index (χ0) is 12.3. The summed E-state index contributed by atoms with van der Waals surface area (Å²) < 4.78 is 11.5. The SMILES string of the molecule is CNC(C)CC(C)C1CCOC2(CCOC2)C1. The molecule has 2 aliphatic rings. The third-order valence-electron chi connectivity index (χ3n) is 4.62. The van der Waals surface area contributed by atoms with E-state index in [1.165, 1.54) is 19.3 Å². The zero-order valence-corrected chi connectivity index (χ0v) is 11.5. The average molecular weight is 241 g/mol. The minimum absolute atomic E-state index is 0.0695. The molecule has 0 bridgehead atoms. The van der Waals surface area contributed by atoms with Crippen molar-refractivity contribution < 1.29 is 9.47 Å². The number of ether oxygens (including phenoxy) is 2. The predicted molar refractivity (Wildman–Crippen MR) is 69.1 cm³/mol. The molecule has 2 aliphatic heterocycles. The van der Waals surface area contributed by atoms with Crippen LogP contribution in [-0.2, 0) is 9.47 Å². The highest BCUT2D eigenvalue weighted by Crippen LogP contribution is 2.39. The van der Waals surface area contributed by atoms with Gasteiger partial charge in [-0.2, -0.15) is 0 Å². The van der Waals surface area contributed by atoms with Gasteiger partial charge in [-0.25, -0.2) is 0 Å². The highest BCUT2D eigenvalue weighted by Gasteiger charge is 2.42. The first-order valence-corrected chi connectivity index (χ1v) is 7.04. The molecule has 1 spiro atoms. The molecular formula is C14H27NO2. The highest BCUT2D eigenvalue weighted by atomic mass is 16.6. The molecule has 0 aromatic heterocycles. The highest BCUT2D eigenvalue weighted by molar-refractivity contribution is 4.91. The number of nitrogens with one attached hydrogen (secondary N) is 1. The smallest absolute Gasteiger partial charge is 0.0939 e. The van der Waals surface area contributed by atoms with Crippen LogP contribution in [0.15, 0.2) is 0 Å². The van der Waals surface area contributed by atoms with E-state index in [1.807, 2.05) is 7.05 Å². The Morgan fingerprint density at radius 1 is 1.35 bits per heavy atom. The van der Waals surface area contributed by atoms with Gasteiger partial charge in [0.25, 0.3) is 0 Å². The van der Waals surface area contributed by atoms with Crippen molar-refractivity contribution in [1.29, 1.82) is 0 Å². The lowest BCUT2D eigenvalue weighted by atomic mass is 9.77. The number of hydrogen-bond donors (Lipinski definition) is 1. The quantitative estimate of drug-likeness (QED) is 0.818. The van der Waals surface area contributed by atoms with Gasteiger partial charge in [-0.3, -0.25) is 0 Å². The lowest BCUT2D eigenvalue weighted by Crippen LogP contribution is -2.42. The lowest BCUT2D eigenvalue weighted by molar-refractivity contribution is -0.106. The largest absolute Gasteiger partial charge is 0.378 e. The topological polar surface area (TPSA) is 30.5 Å². The molecule has 0 amide bonds. The van der Waals surface area contributed by atoms with E-state index in [9.17, 15) is 0 Å². The Hall–Kier alpha value is -0.120. The van der Waals surface area contributed by atoms with Crippen molar-refractivity contribution in [3.8, 4) is 0 Å². The van der Waals surface area contributed by atoms with Gasteiger partial charge in [-0.15, -0.1) is 0 Å². The van der Waals surface area contributed by atoms with E-state index in [0.717, 1.165) is 38.1 Å². The van der Waals surface area contributed by atoms with Crippen molar-refractivity contribution in [2.24, 2.45) is 11.8 Å². The van der Waals surface area contributed by atoms with Crippen LogP contribution in [0.25, 0.3) is 0 Å². The van der Waals surface area contributed by atoms with Gasteiger partial charge >= 0.3 is 0 Å². The minimum Gasteiger partial charge on any atom is -0.378 e. The summed E-state index contributed by atoms with van der Waals surface area (Å²) in [5.74, 6) is 1.58. The molecule has 0 radical (unpaired) electrons. The first-order chi connectivity index (χ1) is 8.15. The summed E-state index contributed by atoms with van der Waals surface area (Å²) in [5.41, 5.74) is 0.0695. The van der Waals surface area contributed by atoms with Crippen molar-refractivity contribution in [2.45, 2.75) is 51.2 Å². The second-order valence-corrected chi connectivity index (χ2v) is 5.99. The van der Waals surface area contributed by atoms with E-state index in [4.69, 9.17) is 9.47 Å². The maximum atomic E-state index is 6.00. The molecule has 100 valence electrons. The molecule has 3 heteroatoms. The standard InChI is InChI=1S/C14H27NO2/c1-11(8-12(2)15-3)13-4-6-17-14(9-13)5-7-16-10-14/h11-13,15H,4-10H2,1-3H3. The number of rotatable bonds is 4. The van der Waals surface area contributed by atoms with Crippen molar-refractivity contribution in [3.05, 3.63) is 0 Å². The zero-order valence-electron chi connectivity index (χ0n) is 11.5. The van der Waals surface area contributed by atoms with Crippen LogP contribution in [0.5, 0.6) is 0 Å². The van der Waals surface area contributed by atoms with Crippen LogP contribution < -0.4 is 5.32 Å². The van der Waals surface area contributed by atoms with Crippen LogP contribution in [0, 0.1) is 11.8 Å². The first kappa shape index (κ1) is 13.3. The van der Waals surface area contributed by atoms with E-state index < -0.39 is 0 Å². The Kier molecular flexibility index (Phi) is 4.45. The summed E-state index contributed by atoms with van der Waals surface area (Å²) in [7, 11) is 2.05. The predicted octanol–water partition coefficient (Wildman–Crippen LogP) is 2.21. The van der Waals surface area contributed by atoms with Gasteiger partial charge in [-0.1, -0.05) is 6.92 Å². The molecule has 2 rings (SSSR count). The molecule has 2 fully saturated rings. The van der Waals surface area contributed by atoms with Crippen LogP contribution in [-0.4, -0.2) is 38.5 Å². The van der Waals surface area contributed by atoms with Crippen LogP contribution in [0.4, 0.5) is 0 Å². The molecule has 0 aliphatic carbocycles. The molecule has 4 unspecified atom stereocenters. The van der Waals surface area contributed by atoms with Gasteiger partial charge < -0.3 is 14.8 Å². The molecule has 0 saturated carbocycles.